The molecule has 0 bridgehead atoms. The van der Waals surface area contributed by atoms with Crippen molar-refractivity contribution in [2.75, 3.05) is 18.6 Å². The highest BCUT2D eigenvalue weighted by atomic mass is 35.5. The quantitative estimate of drug-likeness (QED) is 0.854. The number of nitrogens with zero attached hydrogens (tertiary/aromatic N) is 1. The molecule has 0 spiro atoms. The third-order valence-corrected chi connectivity index (χ3v) is 3.68. The molecule has 4 heteroatoms. The summed E-state index contributed by atoms with van der Waals surface area (Å²) in [5.74, 6) is 0.523. The number of aryl methyl sites for hydroxylation is 2. The van der Waals surface area contributed by atoms with Gasteiger partial charge in [-0.05, 0) is 61.4 Å². The van der Waals surface area contributed by atoms with Gasteiger partial charge in [-0.15, -0.1) is 0 Å². The Labute approximate surface area is 130 Å². The van der Waals surface area contributed by atoms with Gasteiger partial charge in [0.1, 0.15) is 5.75 Å². The Balaban J connectivity index is 1.99. The van der Waals surface area contributed by atoms with Crippen molar-refractivity contribution >= 4 is 23.2 Å². The van der Waals surface area contributed by atoms with Gasteiger partial charge in [0.15, 0.2) is 6.61 Å². The van der Waals surface area contributed by atoms with E-state index in [4.69, 9.17) is 16.3 Å². The van der Waals surface area contributed by atoms with E-state index in [1.54, 1.807) is 36.2 Å². The predicted molar refractivity (Wildman–Crippen MR) is 86.3 cm³/mol. The Bertz CT molecular complexity index is 638. The van der Waals surface area contributed by atoms with Crippen LogP contribution in [0.1, 0.15) is 11.1 Å². The van der Waals surface area contributed by atoms with Crippen molar-refractivity contribution in [1.82, 2.24) is 0 Å². The van der Waals surface area contributed by atoms with Crippen LogP contribution in [0.2, 0.25) is 5.02 Å². The van der Waals surface area contributed by atoms with Crippen molar-refractivity contribution in [1.29, 1.82) is 0 Å². The molecule has 2 aromatic rings. The summed E-state index contributed by atoms with van der Waals surface area (Å²) in [7, 11) is 1.75. The highest BCUT2D eigenvalue weighted by molar-refractivity contribution is 6.30. The van der Waals surface area contributed by atoms with Crippen molar-refractivity contribution in [3.8, 4) is 5.75 Å². The number of anilines is 1. The zero-order valence-corrected chi connectivity index (χ0v) is 13.1. The van der Waals surface area contributed by atoms with Gasteiger partial charge in [-0.1, -0.05) is 17.7 Å². The number of carbonyl (C=O) groups excluding carboxylic acids is 1. The molecule has 2 aromatic carbocycles. The highest BCUT2D eigenvalue weighted by Gasteiger charge is 2.12. The monoisotopic (exact) mass is 303 g/mol. The second kappa shape index (κ2) is 6.64. The van der Waals surface area contributed by atoms with Crippen LogP contribution in [0, 0.1) is 13.8 Å². The number of rotatable bonds is 4. The zero-order chi connectivity index (χ0) is 15.4. The van der Waals surface area contributed by atoms with E-state index < -0.39 is 0 Å². The van der Waals surface area contributed by atoms with Crippen LogP contribution in [0.4, 0.5) is 5.69 Å². The van der Waals surface area contributed by atoms with E-state index in [1.165, 1.54) is 5.56 Å². The molecule has 0 heterocycles. The molecule has 0 aliphatic heterocycles. The molecule has 0 saturated heterocycles. The van der Waals surface area contributed by atoms with Crippen molar-refractivity contribution in [2.45, 2.75) is 13.8 Å². The molecule has 0 saturated carbocycles. The first-order valence-corrected chi connectivity index (χ1v) is 7.07. The summed E-state index contributed by atoms with van der Waals surface area (Å²) in [6, 6.07) is 12.9. The van der Waals surface area contributed by atoms with Gasteiger partial charge < -0.3 is 9.64 Å². The Morgan fingerprint density at radius 3 is 2.38 bits per heavy atom. The highest BCUT2D eigenvalue weighted by Crippen LogP contribution is 2.19. The largest absolute Gasteiger partial charge is 0.484 e. The summed E-state index contributed by atoms with van der Waals surface area (Å²) in [6.45, 7) is 4.07. The predicted octanol–water partition coefficient (Wildman–Crippen LogP) is 4.00. The first-order chi connectivity index (χ1) is 9.97. The van der Waals surface area contributed by atoms with Gasteiger partial charge in [0.2, 0.25) is 0 Å². The minimum Gasteiger partial charge on any atom is -0.484 e. The van der Waals surface area contributed by atoms with E-state index in [9.17, 15) is 4.79 Å². The molecule has 0 radical (unpaired) electrons. The summed E-state index contributed by atoms with van der Waals surface area (Å²) in [5.41, 5.74) is 3.23. The van der Waals surface area contributed by atoms with E-state index in [0.29, 0.717) is 10.8 Å². The van der Waals surface area contributed by atoms with Gasteiger partial charge in [-0.25, -0.2) is 0 Å². The van der Waals surface area contributed by atoms with E-state index in [2.05, 4.69) is 0 Å². The fourth-order valence-corrected chi connectivity index (χ4v) is 1.98. The maximum absolute atomic E-state index is 12.2. The fraction of sp³-hybridized carbons (Fsp3) is 0.235. The lowest BCUT2D eigenvalue weighted by Gasteiger charge is -2.18. The van der Waals surface area contributed by atoms with Crippen LogP contribution in [0.25, 0.3) is 0 Å². The smallest absolute Gasteiger partial charge is 0.264 e. The molecule has 21 heavy (non-hydrogen) atoms. The number of ether oxygens (including phenoxy) is 1. The van der Waals surface area contributed by atoms with Crippen LogP contribution in [0.3, 0.4) is 0 Å². The van der Waals surface area contributed by atoms with Crippen molar-refractivity contribution in [2.24, 2.45) is 0 Å². The van der Waals surface area contributed by atoms with Gasteiger partial charge >= 0.3 is 0 Å². The van der Waals surface area contributed by atoms with E-state index in [-0.39, 0.29) is 12.5 Å². The molecule has 0 atom stereocenters. The van der Waals surface area contributed by atoms with E-state index in [0.717, 1.165) is 11.3 Å². The molecular weight excluding hydrogens is 286 g/mol. The first-order valence-electron chi connectivity index (χ1n) is 6.69. The summed E-state index contributed by atoms with van der Waals surface area (Å²) in [4.78, 5) is 13.8. The summed E-state index contributed by atoms with van der Waals surface area (Å²) < 4.78 is 5.47. The van der Waals surface area contributed by atoms with Gasteiger partial charge in [-0.3, -0.25) is 4.79 Å². The molecule has 0 aliphatic carbocycles. The molecule has 0 aliphatic rings. The van der Waals surface area contributed by atoms with E-state index in [1.807, 2.05) is 32.0 Å². The third kappa shape index (κ3) is 3.99. The summed E-state index contributed by atoms with van der Waals surface area (Å²) >= 11 is 5.80. The van der Waals surface area contributed by atoms with Crippen molar-refractivity contribution in [3.05, 3.63) is 58.6 Å². The first kappa shape index (κ1) is 15.4. The lowest BCUT2D eigenvalue weighted by atomic mass is 10.1. The molecule has 0 unspecified atom stereocenters. The Morgan fingerprint density at radius 1 is 1.10 bits per heavy atom. The number of hydrogen-bond acceptors (Lipinski definition) is 2. The molecular formula is C17H18ClNO2. The van der Waals surface area contributed by atoms with Gasteiger partial charge in [0.25, 0.3) is 5.91 Å². The van der Waals surface area contributed by atoms with Crippen molar-refractivity contribution < 1.29 is 9.53 Å². The Kier molecular flexibility index (Phi) is 4.86. The standard InChI is InChI=1S/C17H18ClNO2/c1-12-4-7-15(10-13(12)2)19(3)17(20)11-21-16-8-5-14(18)6-9-16/h4-10H,11H2,1-3H3. The lowest BCUT2D eigenvalue weighted by Crippen LogP contribution is -2.31. The molecule has 0 N–H and O–H groups in total. The molecule has 2 rings (SSSR count). The number of benzene rings is 2. The molecule has 1 amide bonds. The maximum atomic E-state index is 12.2. The topological polar surface area (TPSA) is 29.5 Å². The van der Waals surface area contributed by atoms with Gasteiger partial charge in [-0.2, -0.15) is 0 Å². The third-order valence-electron chi connectivity index (χ3n) is 3.43. The van der Waals surface area contributed by atoms with Crippen LogP contribution in [-0.4, -0.2) is 19.6 Å². The number of hydrogen-bond donors (Lipinski definition) is 0. The Morgan fingerprint density at radius 2 is 1.76 bits per heavy atom. The minimum atomic E-state index is -0.104. The van der Waals surface area contributed by atoms with Crippen LogP contribution < -0.4 is 9.64 Å². The van der Waals surface area contributed by atoms with Gasteiger partial charge in [0.05, 0.1) is 0 Å². The number of carbonyl (C=O) groups is 1. The number of likely N-dealkylation sites (N-methyl/N-ethyl adjacent to an activating group) is 1. The average molecular weight is 304 g/mol. The van der Waals surface area contributed by atoms with Gasteiger partial charge in [0, 0.05) is 17.8 Å². The zero-order valence-electron chi connectivity index (χ0n) is 12.4. The summed E-state index contributed by atoms with van der Waals surface area (Å²) in [5, 5.41) is 0.640. The summed E-state index contributed by atoms with van der Waals surface area (Å²) in [6.07, 6.45) is 0. The number of amides is 1. The van der Waals surface area contributed by atoms with Crippen LogP contribution in [0.15, 0.2) is 42.5 Å². The SMILES string of the molecule is Cc1ccc(N(C)C(=O)COc2ccc(Cl)cc2)cc1C. The van der Waals surface area contributed by atoms with E-state index >= 15 is 0 Å². The second-order valence-electron chi connectivity index (χ2n) is 4.96. The lowest BCUT2D eigenvalue weighted by molar-refractivity contribution is -0.120. The molecule has 110 valence electrons. The minimum absolute atomic E-state index is 0.00887. The maximum Gasteiger partial charge on any atom is 0.264 e. The molecule has 0 aromatic heterocycles. The van der Waals surface area contributed by atoms with Crippen LogP contribution in [-0.2, 0) is 4.79 Å². The van der Waals surface area contributed by atoms with Crippen LogP contribution >= 0.6 is 11.6 Å². The fourth-order valence-electron chi connectivity index (χ4n) is 1.85. The average Bonchev–Trinajstić information content (AvgIpc) is 2.48. The Hall–Kier alpha value is -2.00. The normalized spacial score (nSPS) is 10.3. The van der Waals surface area contributed by atoms with Crippen molar-refractivity contribution in [3.63, 3.8) is 0 Å². The molecule has 3 nitrogen and oxygen atoms in total. The van der Waals surface area contributed by atoms with Crippen LogP contribution in [0.5, 0.6) is 5.75 Å². The number of halogens is 1. The molecule has 0 fully saturated rings. The second-order valence-corrected chi connectivity index (χ2v) is 5.40.